The first-order chi connectivity index (χ1) is 19.6. The summed E-state index contributed by atoms with van der Waals surface area (Å²) in [5.74, 6) is 0.600. The van der Waals surface area contributed by atoms with Crippen molar-refractivity contribution in [3.63, 3.8) is 0 Å². The second-order valence-electron chi connectivity index (χ2n) is 9.16. The van der Waals surface area contributed by atoms with Crippen molar-refractivity contribution in [3.05, 3.63) is 124 Å². The lowest BCUT2D eigenvalue weighted by Crippen LogP contribution is -2.54. The summed E-state index contributed by atoms with van der Waals surface area (Å²) in [6.07, 6.45) is 1.62. The first kappa shape index (κ1) is 28.4. The van der Waals surface area contributed by atoms with Crippen LogP contribution in [0.4, 0.5) is 0 Å². The summed E-state index contributed by atoms with van der Waals surface area (Å²) >= 11 is 0. The van der Waals surface area contributed by atoms with E-state index >= 15 is 0 Å². The fraction of sp³-hybridized carbons (Fsp3) is 0.267. The van der Waals surface area contributed by atoms with E-state index in [2.05, 4.69) is 27.5 Å². The molecule has 0 spiro atoms. The molecule has 3 aromatic rings. The highest BCUT2D eigenvalue weighted by molar-refractivity contribution is 6.01. The molecular weight excluding hydrogens is 508 g/mol. The molecule has 10 nitrogen and oxygen atoms in total. The van der Waals surface area contributed by atoms with Crippen LogP contribution >= 0.6 is 0 Å². The molecular formula is C30H32N6O4. The molecule has 2 atom stereocenters. The molecule has 3 aromatic carbocycles. The summed E-state index contributed by atoms with van der Waals surface area (Å²) < 4.78 is 12.2. The normalized spacial score (nSPS) is 17.7. The average molecular weight is 541 g/mol. The Morgan fingerprint density at radius 1 is 1.12 bits per heavy atom. The molecule has 0 unspecified atom stereocenters. The van der Waals surface area contributed by atoms with Gasteiger partial charge in [-0.3, -0.25) is 10.2 Å². The lowest BCUT2D eigenvalue weighted by Gasteiger charge is -2.31. The minimum atomic E-state index is -1.40. The fourth-order valence-corrected chi connectivity index (χ4v) is 4.50. The minimum absolute atomic E-state index is 0.0569. The number of carbonyl (C=O) groups excluding carboxylic acids is 1. The van der Waals surface area contributed by atoms with Crippen molar-refractivity contribution in [2.45, 2.75) is 31.0 Å². The maximum absolute atomic E-state index is 14.0. The smallest absolute Gasteiger partial charge is 0.266 e. The monoisotopic (exact) mass is 540 g/mol. The van der Waals surface area contributed by atoms with Crippen LogP contribution in [0, 0.1) is 0 Å². The summed E-state index contributed by atoms with van der Waals surface area (Å²) in [6.45, 7) is 4.66. The zero-order valence-electron chi connectivity index (χ0n) is 22.1. The molecule has 1 heterocycles. The molecule has 0 radical (unpaired) electrons. The van der Waals surface area contributed by atoms with E-state index in [1.165, 1.54) is 0 Å². The van der Waals surface area contributed by atoms with Crippen molar-refractivity contribution < 1.29 is 19.4 Å². The number of hydrogen-bond donors (Lipinski definition) is 3. The van der Waals surface area contributed by atoms with E-state index in [1.54, 1.807) is 18.2 Å². The van der Waals surface area contributed by atoms with E-state index in [-0.39, 0.29) is 25.5 Å². The Balaban J connectivity index is 1.79. The number of ether oxygens (including phenoxy) is 2. The zero-order valence-corrected chi connectivity index (χ0v) is 22.1. The van der Waals surface area contributed by atoms with Crippen LogP contribution in [0.15, 0.2) is 102 Å². The average Bonchev–Trinajstić information content (AvgIpc) is 3.38. The maximum atomic E-state index is 14.0. The number of aliphatic hydroxyl groups is 1. The fourth-order valence-electron chi connectivity index (χ4n) is 4.50. The van der Waals surface area contributed by atoms with Gasteiger partial charge in [-0.2, -0.15) is 0 Å². The Kier molecular flexibility index (Phi) is 9.90. The van der Waals surface area contributed by atoms with Gasteiger partial charge >= 0.3 is 0 Å². The number of hydrogen-bond acceptors (Lipinski definition) is 7. The van der Waals surface area contributed by atoms with Gasteiger partial charge in [0.2, 0.25) is 5.90 Å². The Morgan fingerprint density at radius 3 is 2.55 bits per heavy atom. The van der Waals surface area contributed by atoms with Crippen LogP contribution in [-0.2, 0) is 22.5 Å². The first-order valence-corrected chi connectivity index (χ1v) is 13.0. The van der Waals surface area contributed by atoms with Crippen LogP contribution < -0.4 is 15.6 Å². The maximum Gasteiger partial charge on any atom is 0.266 e. The van der Waals surface area contributed by atoms with Crippen LogP contribution in [0.25, 0.3) is 10.4 Å². The molecule has 206 valence electrons. The Morgan fingerprint density at radius 2 is 1.85 bits per heavy atom. The minimum Gasteiger partial charge on any atom is -0.494 e. The number of carbonyl (C=O) groups is 1. The Labute approximate surface area is 233 Å². The van der Waals surface area contributed by atoms with Gasteiger partial charge in [-0.1, -0.05) is 65.8 Å². The van der Waals surface area contributed by atoms with Gasteiger partial charge in [0.25, 0.3) is 5.91 Å². The number of amides is 1. The van der Waals surface area contributed by atoms with E-state index in [0.29, 0.717) is 36.8 Å². The molecule has 0 aliphatic carbocycles. The van der Waals surface area contributed by atoms with Crippen LogP contribution in [-0.4, -0.2) is 42.2 Å². The summed E-state index contributed by atoms with van der Waals surface area (Å²) in [6, 6.07) is 24.3. The summed E-state index contributed by atoms with van der Waals surface area (Å²) in [5, 5.41) is 12.7. The van der Waals surface area contributed by atoms with Crippen LogP contribution in [0.2, 0.25) is 0 Å². The first-order valence-electron chi connectivity index (χ1n) is 13.0. The number of nitrogens with zero attached hydrogens (tertiary/aromatic N) is 4. The van der Waals surface area contributed by atoms with Gasteiger partial charge < -0.3 is 14.6 Å². The number of azide groups is 1. The Bertz CT molecular complexity index is 1370. The van der Waals surface area contributed by atoms with Crippen molar-refractivity contribution in [1.82, 2.24) is 10.9 Å². The third kappa shape index (κ3) is 6.68. The Hall–Kier alpha value is -4.63. The molecule has 4 rings (SSSR count). The molecule has 0 saturated heterocycles. The van der Waals surface area contributed by atoms with Gasteiger partial charge in [0.1, 0.15) is 5.75 Å². The van der Waals surface area contributed by atoms with Crippen molar-refractivity contribution in [2.24, 2.45) is 10.1 Å². The van der Waals surface area contributed by atoms with Gasteiger partial charge in [-0.15, -0.1) is 6.58 Å². The van der Waals surface area contributed by atoms with E-state index in [4.69, 9.17) is 25.1 Å². The van der Waals surface area contributed by atoms with Gasteiger partial charge in [0.05, 0.1) is 13.2 Å². The zero-order chi connectivity index (χ0) is 28.2. The van der Waals surface area contributed by atoms with Crippen molar-refractivity contribution >= 4 is 11.8 Å². The molecule has 0 fully saturated rings. The number of rotatable bonds is 14. The summed E-state index contributed by atoms with van der Waals surface area (Å²) in [7, 11) is 0. The quantitative estimate of drug-likeness (QED) is 0.0686. The van der Waals surface area contributed by atoms with E-state index in [1.807, 2.05) is 66.7 Å². The molecule has 1 aliphatic rings. The molecule has 40 heavy (non-hydrogen) atoms. The van der Waals surface area contributed by atoms with Gasteiger partial charge in [0, 0.05) is 36.5 Å². The number of hydrazine groups is 1. The predicted octanol–water partition coefficient (Wildman–Crippen LogP) is 4.56. The highest BCUT2D eigenvalue weighted by Crippen LogP contribution is 2.43. The molecule has 0 bridgehead atoms. The molecule has 3 N–H and O–H groups in total. The predicted molar refractivity (Wildman–Crippen MR) is 153 cm³/mol. The largest absolute Gasteiger partial charge is 0.494 e. The van der Waals surface area contributed by atoms with Crippen molar-refractivity contribution in [3.8, 4) is 5.75 Å². The third-order valence-corrected chi connectivity index (χ3v) is 6.46. The molecule has 1 amide bonds. The van der Waals surface area contributed by atoms with Crippen molar-refractivity contribution in [2.75, 3.05) is 19.8 Å². The molecule has 10 heteroatoms. The third-order valence-electron chi connectivity index (χ3n) is 6.46. The standard InChI is InChI=1S/C30H32N6O4/c1-2-17-32-35-29(38)30(20-24-11-6-7-12-25(24)21-33-36-31)27(22-9-4-3-5-10-22)40-28(34-30)23-13-15-26(16-14-23)39-19-8-18-37/h2-7,9-16,27,32,37H,1,8,17-21H2,(H,35,38)/t27-,30-/m0/s1. The lowest BCUT2D eigenvalue weighted by atomic mass is 9.81. The van der Waals surface area contributed by atoms with Crippen LogP contribution in [0.3, 0.4) is 0 Å². The molecule has 1 aliphatic heterocycles. The number of benzene rings is 3. The van der Waals surface area contributed by atoms with E-state index < -0.39 is 11.6 Å². The van der Waals surface area contributed by atoms with Crippen LogP contribution in [0.5, 0.6) is 5.75 Å². The lowest BCUT2D eigenvalue weighted by molar-refractivity contribution is -0.129. The topological polar surface area (TPSA) is 141 Å². The van der Waals surface area contributed by atoms with Gasteiger partial charge in [-0.05, 0) is 46.5 Å². The van der Waals surface area contributed by atoms with Crippen molar-refractivity contribution in [1.29, 1.82) is 0 Å². The van der Waals surface area contributed by atoms with Gasteiger partial charge in [0.15, 0.2) is 11.6 Å². The van der Waals surface area contributed by atoms with E-state index in [0.717, 1.165) is 16.7 Å². The van der Waals surface area contributed by atoms with Crippen LogP contribution in [0.1, 0.15) is 34.8 Å². The number of aliphatic hydroxyl groups excluding tert-OH is 1. The number of nitrogens with one attached hydrogen (secondary N) is 2. The molecule has 0 saturated carbocycles. The number of aliphatic imine (C=N–C) groups is 1. The second kappa shape index (κ2) is 14.0. The highest BCUT2D eigenvalue weighted by Gasteiger charge is 2.53. The highest BCUT2D eigenvalue weighted by atomic mass is 16.5. The summed E-state index contributed by atoms with van der Waals surface area (Å²) in [4.78, 5) is 21.9. The second-order valence-corrected chi connectivity index (χ2v) is 9.16. The molecule has 0 aromatic heterocycles. The summed E-state index contributed by atoms with van der Waals surface area (Å²) in [5.41, 5.74) is 16.3. The van der Waals surface area contributed by atoms with E-state index in [9.17, 15) is 4.79 Å². The SMILES string of the molecule is C=CCNNC(=O)[C@@]1(Cc2ccccc2CN=[N+]=[N-])N=C(c2ccc(OCCCO)cc2)O[C@H]1c1ccccc1. The van der Waals surface area contributed by atoms with Gasteiger partial charge in [-0.25, -0.2) is 10.4 Å².